The van der Waals surface area contributed by atoms with Crippen molar-refractivity contribution in [3.05, 3.63) is 29.8 Å². The summed E-state index contributed by atoms with van der Waals surface area (Å²) in [5, 5.41) is 2.94. The Labute approximate surface area is 133 Å². The van der Waals surface area contributed by atoms with E-state index < -0.39 is 0 Å². The van der Waals surface area contributed by atoms with Crippen molar-refractivity contribution in [1.29, 1.82) is 0 Å². The lowest BCUT2D eigenvalue weighted by atomic mass is 10.1. The Hall–Kier alpha value is -1.75. The summed E-state index contributed by atoms with van der Waals surface area (Å²) in [5.74, 6) is 0.966. The first-order valence-corrected chi connectivity index (χ1v) is 8.20. The number of piperazine rings is 1. The van der Waals surface area contributed by atoms with Gasteiger partial charge in [-0.25, -0.2) is 4.79 Å². The van der Waals surface area contributed by atoms with Crippen molar-refractivity contribution in [2.75, 3.05) is 39.3 Å². The summed E-state index contributed by atoms with van der Waals surface area (Å²) in [6, 6.07) is 8.26. The van der Waals surface area contributed by atoms with E-state index in [4.69, 9.17) is 4.74 Å². The molecule has 1 fully saturated rings. The summed E-state index contributed by atoms with van der Waals surface area (Å²) < 4.78 is 5.68. The van der Waals surface area contributed by atoms with Crippen molar-refractivity contribution < 1.29 is 9.53 Å². The quantitative estimate of drug-likeness (QED) is 0.877. The molecule has 0 spiro atoms. The fourth-order valence-corrected chi connectivity index (χ4v) is 2.62. The number of para-hydroxylation sites is 1. The molecule has 0 unspecified atom stereocenters. The second-order valence-electron chi connectivity index (χ2n) is 5.54. The van der Waals surface area contributed by atoms with Crippen LogP contribution in [0.15, 0.2) is 24.3 Å². The number of hydrogen-bond donors (Lipinski definition) is 1. The zero-order chi connectivity index (χ0) is 15.8. The van der Waals surface area contributed by atoms with Crippen LogP contribution in [0.4, 0.5) is 4.79 Å². The average molecular weight is 305 g/mol. The van der Waals surface area contributed by atoms with Crippen LogP contribution in [0.2, 0.25) is 0 Å². The molecule has 1 aliphatic heterocycles. The van der Waals surface area contributed by atoms with Crippen molar-refractivity contribution >= 4 is 6.03 Å². The molecule has 1 aliphatic rings. The molecule has 1 saturated heterocycles. The molecule has 1 aromatic rings. The van der Waals surface area contributed by atoms with Crippen LogP contribution in [-0.2, 0) is 6.54 Å². The van der Waals surface area contributed by atoms with Gasteiger partial charge >= 0.3 is 6.03 Å². The average Bonchev–Trinajstić information content (AvgIpc) is 2.55. The van der Waals surface area contributed by atoms with E-state index in [0.717, 1.165) is 51.4 Å². The monoisotopic (exact) mass is 305 g/mol. The molecule has 1 N–H and O–H groups in total. The molecule has 5 nitrogen and oxygen atoms in total. The SMILES string of the molecule is CCCNC(=O)N1CCN(Cc2ccccc2OCC)CC1. The van der Waals surface area contributed by atoms with Crippen LogP contribution < -0.4 is 10.1 Å². The van der Waals surface area contributed by atoms with Gasteiger partial charge in [0.1, 0.15) is 5.75 Å². The molecule has 122 valence electrons. The molecule has 0 atom stereocenters. The Bertz CT molecular complexity index is 471. The van der Waals surface area contributed by atoms with E-state index in [2.05, 4.69) is 23.2 Å². The molecule has 1 aromatic carbocycles. The summed E-state index contributed by atoms with van der Waals surface area (Å²) in [5.41, 5.74) is 1.22. The Kier molecular flexibility index (Phi) is 6.52. The first-order chi connectivity index (χ1) is 10.7. The number of benzene rings is 1. The maximum Gasteiger partial charge on any atom is 0.317 e. The zero-order valence-electron chi connectivity index (χ0n) is 13.7. The molecule has 0 saturated carbocycles. The number of carbonyl (C=O) groups is 1. The van der Waals surface area contributed by atoms with Crippen LogP contribution in [0.3, 0.4) is 0 Å². The first-order valence-electron chi connectivity index (χ1n) is 8.20. The summed E-state index contributed by atoms with van der Waals surface area (Å²) in [6.07, 6.45) is 0.972. The van der Waals surface area contributed by atoms with Crippen molar-refractivity contribution in [1.82, 2.24) is 15.1 Å². The van der Waals surface area contributed by atoms with Gasteiger partial charge in [-0.2, -0.15) is 0 Å². The third-order valence-electron chi connectivity index (χ3n) is 3.85. The molecule has 0 radical (unpaired) electrons. The van der Waals surface area contributed by atoms with Gasteiger partial charge in [0.15, 0.2) is 0 Å². The van der Waals surface area contributed by atoms with E-state index in [1.165, 1.54) is 5.56 Å². The Morgan fingerprint density at radius 1 is 1.18 bits per heavy atom. The van der Waals surface area contributed by atoms with Crippen molar-refractivity contribution in [2.45, 2.75) is 26.8 Å². The topological polar surface area (TPSA) is 44.8 Å². The maximum absolute atomic E-state index is 11.9. The summed E-state index contributed by atoms with van der Waals surface area (Å²) in [7, 11) is 0. The minimum atomic E-state index is 0.0659. The number of rotatable bonds is 6. The Balaban J connectivity index is 1.84. The van der Waals surface area contributed by atoms with Gasteiger partial charge < -0.3 is 15.0 Å². The van der Waals surface area contributed by atoms with Crippen molar-refractivity contribution in [3.8, 4) is 5.75 Å². The maximum atomic E-state index is 11.9. The predicted molar refractivity (Wildman–Crippen MR) is 88.2 cm³/mol. The number of nitrogens with one attached hydrogen (secondary N) is 1. The molecular formula is C17H27N3O2. The molecule has 1 heterocycles. The third kappa shape index (κ3) is 4.63. The van der Waals surface area contributed by atoms with E-state index in [0.29, 0.717) is 6.61 Å². The second kappa shape index (κ2) is 8.63. The van der Waals surface area contributed by atoms with Gasteiger partial charge in [0, 0.05) is 44.8 Å². The standard InChI is InChI=1S/C17H27N3O2/c1-3-9-18-17(21)20-12-10-19(11-13-20)14-15-7-5-6-8-16(15)22-4-2/h5-8H,3-4,9-14H2,1-2H3,(H,18,21). The molecule has 0 aliphatic carbocycles. The van der Waals surface area contributed by atoms with Crippen molar-refractivity contribution in [3.63, 3.8) is 0 Å². The minimum absolute atomic E-state index is 0.0659. The van der Waals surface area contributed by atoms with Gasteiger partial charge in [-0.05, 0) is 19.4 Å². The number of hydrogen-bond acceptors (Lipinski definition) is 3. The highest BCUT2D eigenvalue weighted by Crippen LogP contribution is 2.20. The number of amides is 2. The second-order valence-corrected chi connectivity index (χ2v) is 5.54. The minimum Gasteiger partial charge on any atom is -0.494 e. The normalized spacial score (nSPS) is 15.6. The Morgan fingerprint density at radius 3 is 2.59 bits per heavy atom. The molecule has 0 bridgehead atoms. The number of urea groups is 1. The predicted octanol–water partition coefficient (Wildman–Crippen LogP) is 2.32. The van der Waals surface area contributed by atoms with E-state index in [-0.39, 0.29) is 6.03 Å². The number of ether oxygens (including phenoxy) is 1. The van der Waals surface area contributed by atoms with E-state index in [1.807, 2.05) is 30.0 Å². The Morgan fingerprint density at radius 2 is 1.91 bits per heavy atom. The van der Waals surface area contributed by atoms with Gasteiger partial charge in [0.05, 0.1) is 6.61 Å². The van der Waals surface area contributed by atoms with Gasteiger partial charge in [0.25, 0.3) is 0 Å². The first kappa shape index (κ1) is 16.6. The van der Waals surface area contributed by atoms with Gasteiger partial charge in [-0.3, -0.25) is 4.90 Å². The lowest BCUT2D eigenvalue weighted by Crippen LogP contribution is -2.51. The van der Waals surface area contributed by atoms with Crippen LogP contribution in [0, 0.1) is 0 Å². The molecule has 5 heteroatoms. The van der Waals surface area contributed by atoms with E-state index in [1.54, 1.807) is 0 Å². The van der Waals surface area contributed by atoms with Gasteiger partial charge in [-0.1, -0.05) is 25.1 Å². The summed E-state index contributed by atoms with van der Waals surface area (Å²) in [4.78, 5) is 16.2. The van der Waals surface area contributed by atoms with E-state index >= 15 is 0 Å². The van der Waals surface area contributed by atoms with Crippen LogP contribution in [0.1, 0.15) is 25.8 Å². The van der Waals surface area contributed by atoms with Crippen LogP contribution in [0.25, 0.3) is 0 Å². The largest absolute Gasteiger partial charge is 0.494 e. The highest BCUT2D eigenvalue weighted by molar-refractivity contribution is 5.74. The lowest BCUT2D eigenvalue weighted by molar-refractivity contribution is 0.134. The molecular weight excluding hydrogens is 278 g/mol. The van der Waals surface area contributed by atoms with Crippen LogP contribution >= 0.6 is 0 Å². The number of nitrogens with zero attached hydrogens (tertiary/aromatic N) is 2. The van der Waals surface area contributed by atoms with Crippen LogP contribution in [0.5, 0.6) is 5.75 Å². The summed E-state index contributed by atoms with van der Waals surface area (Å²) in [6.45, 7) is 9.75. The fraction of sp³-hybridized carbons (Fsp3) is 0.588. The van der Waals surface area contributed by atoms with Crippen molar-refractivity contribution in [2.24, 2.45) is 0 Å². The molecule has 2 rings (SSSR count). The highest BCUT2D eigenvalue weighted by Gasteiger charge is 2.21. The van der Waals surface area contributed by atoms with Crippen LogP contribution in [-0.4, -0.2) is 55.2 Å². The van der Waals surface area contributed by atoms with E-state index in [9.17, 15) is 4.79 Å². The fourth-order valence-electron chi connectivity index (χ4n) is 2.62. The smallest absolute Gasteiger partial charge is 0.317 e. The number of carbonyl (C=O) groups excluding carboxylic acids is 1. The molecule has 0 aromatic heterocycles. The molecule has 2 amide bonds. The van der Waals surface area contributed by atoms with Gasteiger partial charge in [-0.15, -0.1) is 0 Å². The molecule has 22 heavy (non-hydrogen) atoms. The highest BCUT2D eigenvalue weighted by atomic mass is 16.5. The zero-order valence-corrected chi connectivity index (χ0v) is 13.7. The lowest BCUT2D eigenvalue weighted by Gasteiger charge is -2.34. The summed E-state index contributed by atoms with van der Waals surface area (Å²) >= 11 is 0. The third-order valence-corrected chi connectivity index (χ3v) is 3.85. The van der Waals surface area contributed by atoms with Gasteiger partial charge in [0.2, 0.25) is 0 Å².